The number of rotatable bonds is 7. The van der Waals surface area contributed by atoms with Gasteiger partial charge in [-0.2, -0.15) is 9.97 Å². The lowest BCUT2D eigenvalue weighted by Crippen LogP contribution is -2.06. The van der Waals surface area contributed by atoms with E-state index >= 15 is 0 Å². The van der Waals surface area contributed by atoms with E-state index in [1.54, 1.807) is 0 Å². The summed E-state index contributed by atoms with van der Waals surface area (Å²) in [5, 5.41) is 4.75. The van der Waals surface area contributed by atoms with Gasteiger partial charge in [-0.25, -0.2) is 4.98 Å². The fourth-order valence-electron chi connectivity index (χ4n) is 9.11. The summed E-state index contributed by atoms with van der Waals surface area (Å²) in [7, 11) is 0. The largest absolute Gasteiger partial charge is 0.309 e. The summed E-state index contributed by atoms with van der Waals surface area (Å²) >= 11 is 0. The van der Waals surface area contributed by atoms with E-state index in [-0.39, 0.29) is 0 Å². The molecule has 0 saturated carbocycles. The van der Waals surface area contributed by atoms with Gasteiger partial charge < -0.3 is 4.57 Å². The number of para-hydroxylation sites is 3. The summed E-state index contributed by atoms with van der Waals surface area (Å²) in [6.45, 7) is 0. The van der Waals surface area contributed by atoms with E-state index < -0.39 is 0 Å². The van der Waals surface area contributed by atoms with Crippen molar-refractivity contribution < 1.29 is 0 Å². The molecule has 0 amide bonds. The number of benzene rings is 9. The van der Waals surface area contributed by atoms with Gasteiger partial charge in [-0.15, -0.1) is 0 Å². The van der Waals surface area contributed by atoms with Crippen molar-refractivity contribution >= 4 is 43.6 Å². The smallest absolute Gasteiger partial charge is 0.238 e. The third-order valence-corrected chi connectivity index (χ3v) is 12.0. The molecule has 0 unspecified atom stereocenters. The molecule has 3 heterocycles. The molecule has 62 heavy (non-hydrogen) atoms. The quantitative estimate of drug-likeness (QED) is 0.162. The number of aromatic nitrogens is 5. The maximum absolute atomic E-state index is 5.12. The summed E-state index contributed by atoms with van der Waals surface area (Å²) < 4.78 is 4.54. The lowest BCUT2D eigenvalue weighted by Gasteiger charge is -2.13. The highest BCUT2D eigenvalue weighted by molar-refractivity contribution is 6.12. The first-order chi connectivity index (χ1) is 30.7. The second-order valence-electron chi connectivity index (χ2n) is 15.6. The molecule has 12 rings (SSSR count). The van der Waals surface area contributed by atoms with Gasteiger partial charge in [0.1, 0.15) is 0 Å². The summed E-state index contributed by atoms with van der Waals surface area (Å²) in [5.41, 5.74) is 14.5. The molecule has 0 bridgehead atoms. The van der Waals surface area contributed by atoms with Crippen molar-refractivity contribution in [1.82, 2.24) is 24.1 Å². The standard InChI is InChI=1S/C57H37N5/c1-4-17-38(18-5-1)55-58-56(39-19-6-2-7-20-39)60-57(59-55)62-52-30-15-13-28-48(52)49-36-41(31-33-54(49)62)40-21-16-22-42(35-40)45-25-10-11-26-46(45)43-32-34-53-50(37-43)47-27-12-14-29-51(47)61(53)44-23-8-3-9-24-44/h1-37H. The summed E-state index contributed by atoms with van der Waals surface area (Å²) in [6.07, 6.45) is 0. The van der Waals surface area contributed by atoms with Crippen molar-refractivity contribution in [2.24, 2.45) is 0 Å². The molecule has 290 valence electrons. The van der Waals surface area contributed by atoms with E-state index in [1.165, 1.54) is 44.1 Å². The average Bonchev–Trinajstić information content (AvgIpc) is 3.87. The van der Waals surface area contributed by atoms with Gasteiger partial charge in [0.15, 0.2) is 11.6 Å². The van der Waals surface area contributed by atoms with Crippen LogP contribution in [0.15, 0.2) is 224 Å². The highest BCUT2D eigenvalue weighted by atomic mass is 15.2. The topological polar surface area (TPSA) is 48.5 Å². The Labute approximate surface area is 358 Å². The molecule has 0 aliphatic heterocycles. The van der Waals surface area contributed by atoms with Gasteiger partial charge in [-0.1, -0.05) is 170 Å². The molecule has 5 nitrogen and oxygen atoms in total. The number of nitrogens with zero attached hydrogens (tertiary/aromatic N) is 5. The Morgan fingerprint density at radius 3 is 1.31 bits per heavy atom. The molecule has 0 aliphatic carbocycles. The fraction of sp³-hybridized carbons (Fsp3) is 0. The Bertz CT molecular complexity index is 3570. The van der Waals surface area contributed by atoms with Gasteiger partial charge in [0, 0.05) is 38.4 Å². The first kappa shape index (κ1) is 35.5. The van der Waals surface area contributed by atoms with Crippen LogP contribution in [0.5, 0.6) is 0 Å². The Morgan fingerprint density at radius 1 is 0.258 bits per heavy atom. The van der Waals surface area contributed by atoms with Gasteiger partial charge in [-0.3, -0.25) is 4.57 Å². The van der Waals surface area contributed by atoms with Crippen LogP contribution in [0.1, 0.15) is 0 Å². The zero-order chi connectivity index (χ0) is 41.0. The van der Waals surface area contributed by atoms with Gasteiger partial charge in [0.2, 0.25) is 5.95 Å². The van der Waals surface area contributed by atoms with Crippen LogP contribution in [0, 0.1) is 0 Å². The fourth-order valence-corrected chi connectivity index (χ4v) is 9.11. The molecule has 0 aliphatic rings. The molecule has 0 spiro atoms. The predicted octanol–water partition coefficient (Wildman–Crippen LogP) is 14.4. The Balaban J connectivity index is 0.968. The summed E-state index contributed by atoms with van der Waals surface area (Å²) in [4.78, 5) is 15.2. The second-order valence-corrected chi connectivity index (χ2v) is 15.6. The normalized spacial score (nSPS) is 11.5. The van der Waals surface area contributed by atoms with Crippen molar-refractivity contribution in [3.63, 3.8) is 0 Å². The van der Waals surface area contributed by atoms with Gasteiger partial charge in [0.05, 0.1) is 22.1 Å². The molecular weight excluding hydrogens is 755 g/mol. The van der Waals surface area contributed by atoms with Crippen LogP contribution in [0.25, 0.3) is 111 Å². The van der Waals surface area contributed by atoms with Crippen molar-refractivity contribution in [2.75, 3.05) is 0 Å². The first-order valence-electron chi connectivity index (χ1n) is 20.9. The minimum atomic E-state index is 0.582. The number of fused-ring (bicyclic) bond motifs is 6. The van der Waals surface area contributed by atoms with Crippen LogP contribution in [0.4, 0.5) is 0 Å². The van der Waals surface area contributed by atoms with Gasteiger partial charge in [0.25, 0.3) is 0 Å². The van der Waals surface area contributed by atoms with Crippen molar-refractivity contribution in [2.45, 2.75) is 0 Å². The van der Waals surface area contributed by atoms with Crippen molar-refractivity contribution in [3.05, 3.63) is 224 Å². The third kappa shape index (κ3) is 5.98. The van der Waals surface area contributed by atoms with Crippen molar-refractivity contribution in [3.8, 4) is 67.8 Å². The van der Waals surface area contributed by atoms with E-state index in [0.717, 1.165) is 49.7 Å². The highest BCUT2D eigenvalue weighted by Crippen LogP contribution is 2.40. The van der Waals surface area contributed by atoms with E-state index in [9.17, 15) is 0 Å². The van der Waals surface area contributed by atoms with E-state index in [2.05, 4.69) is 173 Å². The zero-order valence-corrected chi connectivity index (χ0v) is 33.6. The van der Waals surface area contributed by atoms with Crippen LogP contribution in [0.3, 0.4) is 0 Å². The lowest BCUT2D eigenvalue weighted by atomic mass is 9.92. The molecule has 12 aromatic rings. The Morgan fingerprint density at radius 2 is 0.677 bits per heavy atom. The molecule has 0 radical (unpaired) electrons. The first-order valence-corrected chi connectivity index (χ1v) is 20.9. The molecule has 0 fully saturated rings. The van der Waals surface area contributed by atoms with Crippen LogP contribution >= 0.6 is 0 Å². The highest BCUT2D eigenvalue weighted by Gasteiger charge is 2.19. The minimum Gasteiger partial charge on any atom is -0.309 e. The predicted molar refractivity (Wildman–Crippen MR) is 256 cm³/mol. The van der Waals surface area contributed by atoms with Crippen molar-refractivity contribution in [1.29, 1.82) is 0 Å². The molecular formula is C57H37N5. The van der Waals surface area contributed by atoms with E-state index in [0.29, 0.717) is 17.6 Å². The molecule has 0 saturated heterocycles. The SMILES string of the molecule is c1ccc(-c2nc(-c3ccccc3)nc(-n3c4ccccc4c4cc(-c5cccc(-c6ccccc6-c6ccc7c(c6)c6ccccc6n7-c6ccccc6)c5)ccc43)n2)cc1. The molecule has 5 heteroatoms. The van der Waals surface area contributed by atoms with Crippen LogP contribution in [0.2, 0.25) is 0 Å². The summed E-state index contributed by atoms with van der Waals surface area (Å²) in [5.74, 6) is 1.85. The monoisotopic (exact) mass is 791 g/mol. The minimum absolute atomic E-state index is 0.582. The summed E-state index contributed by atoms with van der Waals surface area (Å²) in [6, 6.07) is 79.5. The van der Waals surface area contributed by atoms with E-state index in [4.69, 9.17) is 15.0 Å². The van der Waals surface area contributed by atoms with Gasteiger partial charge >= 0.3 is 0 Å². The molecule has 0 N–H and O–H groups in total. The second kappa shape index (κ2) is 14.7. The van der Waals surface area contributed by atoms with Crippen LogP contribution in [-0.4, -0.2) is 24.1 Å². The average molecular weight is 792 g/mol. The van der Waals surface area contributed by atoms with E-state index in [1.807, 2.05) is 60.7 Å². The van der Waals surface area contributed by atoms with Gasteiger partial charge in [-0.05, 0) is 88.0 Å². The maximum atomic E-state index is 5.12. The zero-order valence-electron chi connectivity index (χ0n) is 33.6. The van der Waals surface area contributed by atoms with Crippen LogP contribution < -0.4 is 0 Å². The maximum Gasteiger partial charge on any atom is 0.238 e. The number of hydrogen-bond donors (Lipinski definition) is 0. The van der Waals surface area contributed by atoms with Crippen LogP contribution in [-0.2, 0) is 0 Å². The Hall–Kier alpha value is -8.41. The molecule has 9 aromatic carbocycles. The molecule has 3 aromatic heterocycles. The number of hydrogen-bond acceptors (Lipinski definition) is 3. The lowest BCUT2D eigenvalue weighted by molar-refractivity contribution is 0.953. The molecule has 0 atom stereocenters. The third-order valence-electron chi connectivity index (χ3n) is 12.0. The Kier molecular flexibility index (Phi) is 8.42.